The number of hydrogen-bond donors (Lipinski definition) is 2. The minimum atomic E-state index is -3.89. The predicted octanol–water partition coefficient (Wildman–Crippen LogP) is 2.69. The topological polar surface area (TPSA) is 89.3 Å². The number of amides is 1. The maximum atomic E-state index is 13.2. The van der Waals surface area contributed by atoms with E-state index in [0.29, 0.717) is 0 Å². The van der Waals surface area contributed by atoms with Gasteiger partial charge in [-0.15, -0.1) is 0 Å². The highest BCUT2D eigenvalue weighted by molar-refractivity contribution is 7.92. The molecule has 0 atom stereocenters. The SMILES string of the molecule is Cc1cc(S(=O)(=O)Nc2ccc(C(N)=O)c(Cl)c2)ccc1F. The van der Waals surface area contributed by atoms with E-state index in [4.69, 9.17) is 17.3 Å². The monoisotopic (exact) mass is 342 g/mol. The maximum Gasteiger partial charge on any atom is 0.261 e. The molecule has 0 aromatic heterocycles. The summed E-state index contributed by atoms with van der Waals surface area (Å²) in [5, 5.41) is 0.0305. The van der Waals surface area contributed by atoms with Crippen molar-refractivity contribution in [2.45, 2.75) is 11.8 Å². The van der Waals surface area contributed by atoms with Crippen LogP contribution >= 0.6 is 11.6 Å². The molecule has 8 heteroatoms. The number of primary amides is 1. The fourth-order valence-corrected chi connectivity index (χ4v) is 3.18. The van der Waals surface area contributed by atoms with E-state index >= 15 is 0 Å². The van der Waals surface area contributed by atoms with Crippen molar-refractivity contribution in [2.24, 2.45) is 5.73 Å². The molecule has 0 bridgehead atoms. The average molecular weight is 343 g/mol. The molecule has 1 amide bonds. The molecule has 0 aliphatic rings. The van der Waals surface area contributed by atoms with Crippen LogP contribution in [-0.2, 0) is 10.0 Å². The lowest BCUT2D eigenvalue weighted by Gasteiger charge is -2.10. The van der Waals surface area contributed by atoms with Gasteiger partial charge in [0.25, 0.3) is 10.0 Å². The van der Waals surface area contributed by atoms with Crippen molar-refractivity contribution in [2.75, 3.05) is 4.72 Å². The molecule has 0 spiro atoms. The number of nitrogens with one attached hydrogen (secondary N) is 1. The predicted molar refractivity (Wildman–Crippen MR) is 81.9 cm³/mol. The third kappa shape index (κ3) is 3.37. The van der Waals surface area contributed by atoms with Crippen molar-refractivity contribution >= 4 is 33.2 Å². The zero-order chi connectivity index (χ0) is 16.5. The van der Waals surface area contributed by atoms with Crippen LogP contribution in [0.3, 0.4) is 0 Å². The molecule has 2 aromatic carbocycles. The van der Waals surface area contributed by atoms with Gasteiger partial charge in [-0.1, -0.05) is 11.6 Å². The minimum absolute atomic E-state index is 0.0305. The second-order valence-corrected chi connectivity index (χ2v) is 6.66. The van der Waals surface area contributed by atoms with E-state index in [1.165, 1.54) is 31.2 Å². The van der Waals surface area contributed by atoms with Gasteiger partial charge in [0.2, 0.25) is 5.91 Å². The quantitative estimate of drug-likeness (QED) is 0.895. The lowest BCUT2D eigenvalue weighted by atomic mass is 10.2. The summed E-state index contributed by atoms with van der Waals surface area (Å²) >= 11 is 5.86. The fraction of sp³-hybridized carbons (Fsp3) is 0.0714. The number of halogens is 2. The molecule has 22 heavy (non-hydrogen) atoms. The van der Waals surface area contributed by atoms with E-state index < -0.39 is 21.7 Å². The zero-order valence-electron chi connectivity index (χ0n) is 11.4. The standard InChI is InChI=1S/C14H12ClFN2O3S/c1-8-6-10(3-5-13(8)16)22(20,21)18-9-2-4-11(14(17)19)12(15)7-9/h2-7,18H,1H3,(H2,17,19). The summed E-state index contributed by atoms with van der Waals surface area (Å²) in [6, 6.07) is 7.40. The van der Waals surface area contributed by atoms with E-state index in [9.17, 15) is 17.6 Å². The summed E-state index contributed by atoms with van der Waals surface area (Å²) in [6.45, 7) is 1.47. The first-order valence-electron chi connectivity index (χ1n) is 6.09. The van der Waals surface area contributed by atoms with Gasteiger partial charge in [-0.3, -0.25) is 9.52 Å². The molecule has 2 aromatic rings. The third-order valence-corrected chi connectivity index (χ3v) is 4.62. The molecule has 2 rings (SSSR count). The molecule has 0 saturated heterocycles. The molecule has 0 unspecified atom stereocenters. The molecule has 0 radical (unpaired) electrons. The average Bonchev–Trinajstić information content (AvgIpc) is 2.40. The Morgan fingerprint density at radius 1 is 1.23 bits per heavy atom. The van der Waals surface area contributed by atoms with Crippen molar-refractivity contribution in [1.82, 2.24) is 0 Å². The van der Waals surface area contributed by atoms with Crippen LogP contribution in [0.1, 0.15) is 15.9 Å². The molecule has 0 heterocycles. The van der Waals surface area contributed by atoms with Crippen LogP contribution in [0.2, 0.25) is 5.02 Å². The Morgan fingerprint density at radius 3 is 2.45 bits per heavy atom. The van der Waals surface area contributed by atoms with Gasteiger partial charge < -0.3 is 5.73 Å². The van der Waals surface area contributed by atoms with Crippen LogP contribution in [0.25, 0.3) is 0 Å². The molecular weight excluding hydrogens is 331 g/mol. The number of aryl methyl sites for hydroxylation is 1. The number of hydrogen-bond acceptors (Lipinski definition) is 3. The third-order valence-electron chi connectivity index (χ3n) is 2.93. The highest BCUT2D eigenvalue weighted by atomic mass is 35.5. The van der Waals surface area contributed by atoms with Crippen LogP contribution < -0.4 is 10.5 Å². The van der Waals surface area contributed by atoms with E-state index in [0.717, 1.165) is 12.1 Å². The zero-order valence-corrected chi connectivity index (χ0v) is 13.0. The molecule has 0 saturated carbocycles. The van der Waals surface area contributed by atoms with Gasteiger partial charge in [-0.25, -0.2) is 12.8 Å². The smallest absolute Gasteiger partial charge is 0.261 e. The summed E-state index contributed by atoms with van der Waals surface area (Å²) in [7, 11) is -3.89. The molecule has 0 aliphatic heterocycles. The van der Waals surface area contributed by atoms with E-state index in [1.54, 1.807) is 0 Å². The Balaban J connectivity index is 2.34. The first-order valence-corrected chi connectivity index (χ1v) is 7.95. The van der Waals surface area contributed by atoms with Gasteiger partial charge in [0.1, 0.15) is 5.82 Å². The van der Waals surface area contributed by atoms with Gasteiger partial charge in [0.15, 0.2) is 0 Å². The van der Waals surface area contributed by atoms with Gasteiger partial charge in [0, 0.05) is 0 Å². The van der Waals surface area contributed by atoms with Crippen LogP contribution in [0.4, 0.5) is 10.1 Å². The van der Waals surface area contributed by atoms with E-state index in [2.05, 4.69) is 4.72 Å². The number of anilines is 1. The lowest BCUT2D eigenvalue weighted by Crippen LogP contribution is -2.15. The van der Waals surface area contributed by atoms with Crippen molar-refractivity contribution in [3.8, 4) is 0 Å². The molecule has 0 aliphatic carbocycles. The Kier molecular flexibility index (Phi) is 4.39. The summed E-state index contributed by atoms with van der Waals surface area (Å²) < 4.78 is 40.0. The number of carbonyl (C=O) groups excluding carboxylic acids is 1. The first kappa shape index (κ1) is 16.3. The minimum Gasteiger partial charge on any atom is -0.366 e. The maximum absolute atomic E-state index is 13.2. The van der Waals surface area contributed by atoms with Crippen molar-refractivity contribution in [3.05, 3.63) is 58.4 Å². The molecular formula is C14H12ClFN2O3S. The van der Waals surface area contributed by atoms with Crippen LogP contribution in [0.15, 0.2) is 41.3 Å². The molecule has 3 N–H and O–H groups in total. The van der Waals surface area contributed by atoms with E-state index in [1.807, 2.05) is 0 Å². The number of rotatable bonds is 4. The van der Waals surface area contributed by atoms with Crippen LogP contribution in [0.5, 0.6) is 0 Å². The second kappa shape index (κ2) is 5.94. The number of benzene rings is 2. The molecule has 0 fully saturated rings. The fourth-order valence-electron chi connectivity index (χ4n) is 1.78. The van der Waals surface area contributed by atoms with Gasteiger partial charge in [-0.2, -0.15) is 0 Å². The molecule has 116 valence electrons. The van der Waals surface area contributed by atoms with Crippen molar-refractivity contribution in [1.29, 1.82) is 0 Å². The van der Waals surface area contributed by atoms with Gasteiger partial charge in [0.05, 0.1) is 21.2 Å². The van der Waals surface area contributed by atoms with Gasteiger partial charge in [-0.05, 0) is 48.9 Å². The normalized spacial score (nSPS) is 11.2. The number of sulfonamides is 1. The Hall–Kier alpha value is -2.12. The van der Waals surface area contributed by atoms with Gasteiger partial charge >= 0.3 is 0 Å². The van der Waals surface area contributed by atoms with Crippen molar-refractivity contribution < 1.29 is 17.6 Å². The molecule has 5 nitrogen and oxygen atoms in total. The Bertz CT molecular complexity index is 853. The van der Waals surface area contributed by atoms with Crippen LogP contribution in [0, 0.1) is 12.7 Å². The first-order chi connectivity index (χ1) is 10.2. The summed E-state index contributed by atoms with van der Waals surface area (Å²) in [6.07, 6.45) is 0. The Morgan fingerprint density at radius 2 is 1.91 bits per heavy atom. The second-order valence-electron chi connectivity index (χ2n) is 4.58. The highest BCUT2D eigenvalue weighted by Gasteiger charge is 2.16. The number of carbonyl (C=O) groups is 1. The summed E-state index contributed by atoms with van der Waals surface area (Å²) in [4.78, 5) is 11.0. The Labute approximate surface area is 131 Å². The highest BCUT2D eigenvalue weighted by Crippen LogP contribution is 2.23. The van der Waals surface area contributed by atoms with Crippen molar-refractivity contribution in [3.63, 3.8) is 0 Å². The largest absolute Gasteiger partial charge is 0.366 e. The number of nitrogens with two attached hydrogens (primary N) is 1. The van der Waals surface area contributed by atoms with Crippen LogP contribution in [-0.4, -0.2) is 14.3 Å². The summed E-state index contributed by atoms with van der Waals surface area (Å²) in [5.41, 5.74) is 5.58. The van der Waals surface area contributed by atoms with E-state index in [-0.39, 0.29) is 26.7 Å². The lowest BCUT2D eigenvalue weighted by molar-refractivity contribution is 0.100. The summed E-state index contributed by atoms with van der Waals surface area (Å²) in [5.74, 6) is -1.21.